The predicted octanol–water partition coefficient (Wildman–Crippen LogP) is 10.1. The van der Waals surface area contributed by atoms with Crippen LogP contribution in [0.15, 0.2) is 38.0 Å². The zero-order chi connectivity index (χ0) is 62.2. The van der Waals surface area contributed by atoms with E-state index >= 15 is 0 Å². The zero-order valence-corrected chi connectivity index (χ0v) is 55.3. The van der Waals surface area contributed by atoms with Gasteiger partial charge in [0.15, 0.2) is 0 Å². The van der Waals surface area contributed by atoms with E-state index in [0.29, 0.717) is 91.6 Å². The van der Waals surface area contributed by atoms with E-state index in [1.165, 1.54) is 83.5 Å². The van der Waals surface area contributed by atoms with Crippen molar-refractivity contribution in [1.29, 1.82) is 0 Å². The summed E-state index contributed by atoms with van der Waals surface area (Å²) >= 11 is 0. The molecule has 0 aromatic heterocycles. The number of hydrogen-bond donors (Lipinski definition) is 3. The van der Waals surface area contributed by atoms with Gasteiger partial charge in [-0.1, -0.05) is 136 Å². The SMILES string of the molecule is C=CC[N+](CCCCCCCCCCCC)(CC[N+](CC=C)(CC[N+](CC=C)(CCCC(=O)CCCCCCCCCCC)CC(C)OCCOCCS(=O)(=O)O)CC(C)OCCOCCS(=O)(=O)O)CC(C)OCCOCCS(=O)(=O)O. The lowest BCUT2D eigenvalue weighted by molar-refractivity contribution is -0.999. The number of ether oxygens (including phenoxy) is 6. The third kappa shape index (κ3) is 48.9. The van der Waals surface area contributed by atoms with Crippen LogP contribution in [0.2, 0.25) is 0 Å². The summed E-state index contributed by atoms with van der Waals surface area (Å²) in [4.78, 5) is 13.5. The third-order valence-corrected chi connectivity index (χ3v) is 17.6. The molecule has 0 saturated heterocycles. The van der Waals surface area contributed by atoms with Crippen LogP contribution in [0.5, 0.6) is 0 Å². The molecule has 22 heteroatoms. The number of unbranched alkanes of at least 4 members (excludes halogenated alkanes) is 17. The molecule has 6 atom stereocenters. The minimum absolute atomic E-state index is 0.133. The quantitative estimate of drug-likeness (QED) is 0.0222. The van der Waals surface area contributed by atoms with E-state index < -0.39 is 47.6 Å². The lowest BCUT2D eigenvalue weighted by atomic mass is 10.0. The van der Waals surface area contributed by atoms with Crippen molar-refractivity contribution in [3.63, 3.8) is 0 Å². The van der Waals surface area contributed by atoms with Crippen molar-refractivity contribution in [2.45, 2.75) is 194 Å². The van der Waals surface area contributed by atoms with Gasteiger partial charge in [-0.3, -0.25) is 18.5 Å². The van der Waals surface area contributed by atoms with Crippen LogP contribution < -0.4 is 0 Å². The van der Waals surface area contributed by atoms with Crippen LogP contribution in [0.4, 0.5) is 0 Å². The maximum Gasteiger partial charge on any atom is 0.267 e. The molecular formula is C61H122N3O16S3+3. The number of Topliss-reactive ketones (excluding diaryl/α,β-unsaturated/α-hetero) is 1. The first-order valence-electron chi connectivity index (χ1n) is 31.7. The molecule has 0 aliphatic heterocycles. The number of nitrogens with zero attached hydrogens (tertiary/aromatic N) is 3. The lowest BCUT2D eigenvalue weighted by Gasteiger charge is -2.47. The highest BCUT2D eigenvalue weighted by atomic mass is 32.2. The first-order chi connectivity index (χ1) is 39.4. The van der Waals surface area contributed by atoms with Gasteiger partial charge in [-0.25, -0.2) is 0 Å². The average Bonchev–Trinajstić information content (AvgIpc) is 3.59. The monoisotopic (exact) mass is 1250 g/mol. The van der Waals surface area contributed by atoms with E-state index in [0.717, 1.165) is 58.2 Å². The molecule has 0 aliphatic rings. The molecule has 83 heavy (non-hydrogen) atoms. The summed E-state index contributed by atoms with van der Waals surface area (Å²) in [6, 6.07) is 0. The Kier molecular flexibility index (Phi) is 48.1. The van der Waals surface area contributed by atoms with Gasteiger partial charge in [0.05, 0.1) is 109 Å². The fourth-order valence-corrected chi connectivity index (χ4v) is 12.1. The van der Waals surface area contributed by atoms with Crippen LogP contribution in [-0.4, -0.2) is 232 Å². The van der Waals surface area contributed by atoms with Crippen molar-refractivity contribution in [1.82, 2.24) is 0 Å². The van der Waals surface area contributed by atoms with Crippen molar-refractivity contribution < 1.29 is 85.6 Å². The molecule has 19 nitrogen and oxygen atoms in total. The number of hydrogen-bond acceptors (Lipinski definition) is 13. The summed E-state index contributed by atoms with van der Waals surface area (Å²) < 4.78 is 133. The molecule has 3 N–H and O–H groups in total. The summed E-state index contributed by atoms with van der Waals surface area (Å²) in [6.07, 6.45) is 29.7. The topological polar surface area (TPSA) is 236 Å². The molecule has 492 valence electrons. The maximum absolute atomic E-state index is 13.5. The van der Waals surface area contributed by atoms with E-state index in [1.807, 2.05) is 32.1 Å². The molecule has 0 aliphatic carbocycles. The molecule has 0 aromatic carbocycles. The average molecular weight is 1250 g/mol. The highest BCUT2D eigenvalue weighted by molar-refractivity contribution is 7.86. The second-order valence-corrected chi connectivity index (χ2v) is 28.2. The molecule has 0 aromatic rings. The fourth-order valence-electron chi connectivity index (χ4n) is 11.1. The van der Waals surface area contributed by atoms with Gasteiger partial charge in [-0.05, 0) is 58.3 Å². The Morgan fingerprint density at radius 3 is 0.952 bits per heavy atom. The van der Waals surface area contributed by atoms with Gasteiger partial charge in [-0.15, -0.1) is 0 Å². The van der Waals surface area contributed by atoms with Crippen LogP contribution in [0.3, 0.4) is 0 Å². The van der Waals surface area contributed by atoms with Gasteiger partial charge in [0.1, 0.15) is 69.9 Å². The molecule has 0 bridgehead atoms. The smallest absolute Gasteiger partial charge is 0.267 e. The van der Waals surface area contributed by atoms with Gasteiger partial charge < -0.3 is 41.9 Å². The minimum Gasteiger partial charge on any atom is -0.378 e. The Labute approximate surface area is 506 Å². The van der Waals surface area contributed by atoms with Crippen LogP contribution in [0.1, 0.15) is 176 Å². The van der Waals surface area contributed by atoms with Crippen LogP contribution in [-0.2, 0) is 63.6 Å². The lowest BCUT2D eigenvalue weighted by Crippen LogP contribution is -2.64. The van der Waals surface area contributed by atoms with E-state index in [1.54, 1.807) is 0 Å². The molecule has 0 spiro atoms. The Hall–Kier alpha value is -1.74. The third-order valence-electron chi connectivity index (χ3n) is 15.6. The summed E-state index contributed by atoms with van der Waals surface area (Å²) in [5.41, 5.74) is 0. The normalized spacial score (nSPS) is 15.7. The van der Waals surface area contributed by atoms with Gasteiger partial charge in [-0.2, -0.15) is 25.3 Å². The van der Waals surface area contributed by atoms with Gasteiger partial charge in [0.2, 0.25) is 0 Å². The van der Waals surface area contributed by atoms with Gasteiger partial charge in [0, 0.05) is 19.3 Å². The predicted molar refractivity (Wildman–Crippen MR) is 336 cm³/mol. The van der Waals surface area contributed by atoms with E-state index in [-0.39, 0.29) is 83.6 Å². The fraction of sp³-hybridized carbons (Fsp3) is 0.885. The second kappa shape index (κ2) is 49.2. The highest BCUT2D eigenvalue weighted by Gasteiger charge is 2.39. The van der Waals surface area contributed by atoms with E-state index in [9.17, 15) is 39.2 Å². The molecule has 0 fully saturated rings. The van der Waals surface area contributed by atoms with Crippen LogP contribution in [0.25, 0.3) is 0 Å². The first kappa shape index (κ1) is 81.3. The van der Waals surface area contributed by atoms with Crippen molar-refractivity contribution in [3.05, 3.63) is 38.0 Å². The standard InChI is InChI=1S/C61H119N3O16S3/c1-9-14-16-18-20-22-24-26-28-30-37-62(34-11-3,55-58(6)78-46-43-75-49-52-81(66,67)68)39-41-64(36-13-5,57-60(8)80-48-45-77-51-54-83(72,73)74)42-40-63(35-12-4,56-59(7)79-47-44-76-50-53-82(69,70)71)38-31-33-61(65)32-29-27-25-23-21-19-17-15-10-2/h11-13,58-60H,3-5,9-10,14-57H2,1-2,6-8H3/p+3. The Morgan fingerprint density at radius 2 is 0.651 bits per heavy atom. The van der Waals surface area contributed by atoms with Crippen molar-refractivity contribution >= 4 is 36.1 Å². The molecule has 0 heterocycles. The van der Waals surface area contributed by atoms with Crippen molar-refractivity contribution in [2.24, 2.45) is 0 Å². The molecule has 0 amide bonds. The Morgan fingerprint density at radius 1 is 0.386 bits per heavy atom. The molecule has 6 unspecified atom stereocenters. The number of ketones is 1. The summed E-state index contributed by atoms with van der Waals surface area (Å²) in [6.45, 7) is 32.5. The maximum atomic E-state index is 13.5. The minimum atomic E-state index is -4.17. The molecule has 0 radical (unpaired) electrons. The molecular weight excluding hydrogens is 1130 g/mol. The zero-order valence-electron chi connectivity index (χ0n) is 52.8. The number of carbonyl (C=O) groups is 1. The summed E-state index contributed by atoms with van der Waals surface area (Å²) in [5.74, 6) is -1.22. The van der Waals surface area contributed by atoms with Crippen LogP contribution in [0, 0.1) is 0 Å². The Bertz CT molecular complexity index is 1980. The second-order valence-electron chi connectivity index (χ2n) is 23.5. The van der Waals surface area contributed by atoms with E-state index in [2.05, 4.69) is 40.5 Å². The molecule has 0 saturated carbocycles. The van der Waals surface area contributed by atoms with E-state index in [4.69, 9.17) is 33.0 Å². The van der Waals surface area contributed by atoms with Crippen LogP contribution >= 0.6 is 0 Å². The van der Waals surface area contributed by atoms with Crippen molar-refractivity contribution in [2.75, 3.05) is 155 Å². The molecule has 0 rings (SSSR count). The van der Waals surface area contributed by atoms with Gasteiger partial charge >= 0.3 is 0 Å². The first-order valence-corrected chi connectivity index (χ1v) is 36.6. The van der Waals surface area contributed by atoms with Gasteiger partial charge in [0.25, 0.3) is 30.4 Å². The number of carbonyl (C=O) groups excluding carboxylic acids is 1. The number of rotatable bonds is 64. The summed E-state index contributed by atoms with van der Waals surface area (Å²) in [5, 5.41) is 0. The largest absolute Gasteiger partial charge is 0.378 e. The van der Waals surface area contributed by atoms with Crippen molar-refractivity contribution in [3.8, 4) is 0 Å². The summed E-state index contributed by atoms with van der Waals surface area (Å²) in [7, 11) is -12.5. The number of quaternary nitrogens is 3. The highest BCUT2D eigenvalue weighted by Crippen LogP contribution is 2.23. The Balaban J connectivity index is 7.08.